The monoisotopic (exact) mass is 286 g/mol. The highest BCUT2D eigenvalue weighted by Gasteiger charge is 2.11. The molecule has 0 bridgehead atoms. The van der Waals surface area contributed by atoms with E-state index < -0.39 is 0 Å². The number of ether oxygens (including phenoxy) is 1. The molecule has 0 heterocycles. The minimum absolute atomic E-state index is 0.0944. The van der Waals surface area contributed by atoms with Crippen molar-refractivity contribution in [3.05, 3.63) is 23.2 Å². The summed E-state index contributed by atoms with van der Waals surface area (Å²) in [5, 5.41) is 14.9. The average molecular weight is 287 g/mol. The molecule has 2 amide bonds. The third-order valence-electron chi connectivity index (χ3n) is 2.54. The van der Waals surface area contributed by atoms with Gasteiger partial charge in [0.2, 0.25) is 0 Å². The molecule has 1 atom stereocenters. The van der Waals surface area contributed by atoms with E-state index in [1.54, 1.807) is 18.2 Å². The van der Waals surface area contributed by atoms with Crippen LogP contribution in [0.15, 0.2) is 18.2 Å². The number of carbonyl (C=O) groups is 1. The van der Waals surface area contributed by atoms with Gasteiger partial charge in [0.25, 0.3) is 0 Å². The summed E-state index contributed by atoms with van der Waals surface area (Å²) < 4.78 is 5.40. The maximum absolute atomic E-state index is 11.8. The van der Waals surface area contributed by atoms with Crippen LogP contribution in [0, 0.1) is 0 Å². The van der Waals surface area contributed by atoms with Gasteiger partial charge < -0.3 is 20.5 Å². The molecule has 0 spiro atoms. The molecule has 0 aromatic heterocycles. The van der Waals surface area contributed by atoms with Gasteiger partial charge in [0.1, 0.15) is 5.75 Å². The lowest BCUT2D eigenvalue weighted by Crippen LogP contribution is -2.39. The van der Waals surface area contributed by atoms with Crippen LogP contribution in [-0.2, 0) is 0 Å². The van der Waals surface area contributed by atoms with E-state index in [9.17, 15) is 4.79 Å². The predicted octanol–water partition coefficient (Wildman–Crippen LogP) is 2.63. The van der Waals surface area contributed by atoms with Crippen LogP contribution in [0.2, 0.25) is 5.02 Å². The highest BCUT2D eigenvalue weighted by Crippen LogP contribution is 2.28. The number of carbonyl (C=O) groups excluding carboxylic acids is 1. The van der Waals surface area contributed by atoms with Crippen molar-refractivity contribution >= 4 is 23.3 Å². The van der Waals surface area contributed by atoms with Crippen molar-refractivity contribution in [2.24, 2.45) is 0 Å². The minimum atomic E-state index is -0.385. The Labute approximate surface area is 117 Å². The molecule has 0 fully saturated rings. The van der Waals surface area contributed by atoms with Crippen LogP contribution in [0.3, 0.4) is 0 Å². The topological polar surface area (TPSA) is 70.6 Å². The summed E-state index contributed by atoms with van der Waals surface area (Å²) in [4.78, 5) is 11.8. The van der Waals surface area contributed by atoms with Crippen LogP contribution in [-0.4, -0.2) is 30.4 Å². The molecular formula is C13H19ClN2O3. The van der Waals surface area contributed by atoms with E-state index in [4.69, 9.17) is 21.4 Å². The number of halogens is 1. The smallest absolute Gasteiger partial charge is 0.319 e. The molecule has 0 unspecified atom stereocenters. The first-order valence-electron chi connectivity index (χ1n) is 6.21. The summed E-state index contributed by atoms with van der Waals surface area (Å²) in [6.07, 6.45) is 0.656. The van der Waals surface area contributed by atoms with Crippen molar-refractivity contribution in [3.63, 3.8) is 0 Å². The van der Waals surface area contributed by atoms with Crippen molar-refractivity contribution in [2.45, 2.75) is 26.3 Å². The molecule has 5 nitrogen and oxygen atoms in total. The molecule has 1 aromatic rings. The first kappa shape index (κ1) is 15.6. The maximum atomic E-state index is 11.8. The van der Waals surface area contributed by atoms with Crippen molar-refractivity contribution in [2.75, 3.05) is 18.5 Å². The lowest BCUT2D eigenvalue weighted by atomic mass is 10.2. The molecule has 6 heteroatoms. The Hall–Kier alpha value is -1.46. The molecule has 1 aromatic carbocycles. The molecule has 0 saturated heterocycles. The zero-order valence-corrected chi connectivity index (χ0v) is 11.8. The summed E-state index contributed by atoms with van der Waals surface area (Å²) >= 11 is 5.88. The van der Waals surface area contributed by atoms with Crippen LogP contribution >= 0.6 is 11.6 Å². The van der Waals surface area contributed by atoms with Gasteiger partial charge in [-0.3, -0.25) is 0 Å². The molecule has 0 saturated carbocycles. The van der Waals surface area contributed by atoms with E-state index in [0.717, 1.165) is 0 Å². The van der Waals surface area contributed by atoms with Gasteiger partial charge in [0.15, 0.2) is 0 Å². The fourth-order valence-electron chi connectivity index (χ4n) is 1.49. The van der Waals surface area contributed by atoms with Gasteiger partial charge in [-0.1, -0.05) is 18.5 Å². The van der Waals surface area contributed by atoms with E-state index in [2.05, 4.69) is 10.6 Å². The van der Waals surface area contributed by atoms with Crippen LogP contribution in [0.25, 0.3) is 0 Å². The van der Waals surface area contributed by atoms with E-state index in [0.29, 0.717) is 29.5 Å². The average Bonchev–Trinajstić information content (AvgIpc) is 2.39. The number of aliphatic hydroxyl groups is 1. The number of urea groups is 1. The van der Waals surface area contributed by atoms with Crippen molar-refractivity contribution in [1.29, 1.82) is 0 Å². The first-order valence-corrected chi connectivity index (χ1v) is 6.59. The van der Waals surface area contributed by atoms with E-state index >= 15 is 0 Å². The Balaban J connectivity index is 2.72. The van der Waals surface area contributed by atoms with Gasteiger partial charge in [0.05, 0.1) is 24.9 Å². The molecule has 0 aliphatic heterocycles. The summed E-state index contributed by atoms with van der Waals surface area (Å²) in [6.45, 7) is 4.12. The van der Waals surface area contributed by atoms with E-state index in [-0.39, 0.29) is 18.7 Å². The number of hydrogen-bond donors (Lipinski definition) is 3. The van der Waals surface area contributed by atoms with Crippen molar-refractivity contribution in [3.8, 4) is 5.75 Å². The Morgan fingerprint density at radius 1 is 1.47 bits per heavy atom. The number of amides is 2. The van der Waals surface area contributed by atoms with Gasteiger partial charge in [-0.05, 0) is 25.5 Å². The molecular weight excluding hydrogens is 268 g/mol. The molecule has 0 radical (unpaired) electrons. The van der Waals surface area contributed by atoms with E-state index in [1.165, 1.54) is 0 Å². The zero-order chi connectivity index (χ0) is 14.3. The summed E-state index contributed by atoms with van der Waals surface area (Å²) in [5.41, 5.74) is 0.538. The predicted molar refractivity (Wildman–Crippen MR) is 75.9 cm³/mol. The normalized spacial score (nSPS) is 11.8. The minimum Gasteiger partial charge on any atom is -0.492 e. The van der Waals surface area contributed by atoms with Crippen LogP contribution in [0.5, 0.6) is 5.75 Å². The van der Waals surface area contributed by atoms with Crippen LogP contribution in [0.1, 0.15) is 20.3 Å². The highest BCUT2D eigenvalue weighted by molar-refractivity contribution is 6.30. The molecule has 106 valence electrons. The van der Waals surface area contributed by atoms with Gasteiger partial charge in [-0.2, -0.15) is 0 Å². The second-order valence-corrected chi connectivity index (χ2v) is 4.40. The van der Waals surface area contributed by atoms with Gasteiger partial charge in [0, 0.05) is 11.1 Å². The third kappa shape index (κ3) is 4.96. The van der Waals surface area contributed by atoms with Gasteiger partial charge >= 0.3 is 6.03 Å². The number of anilines is 1. The largest absolute Gasteiger partial charge is 0.492 e. The summed E-state index contributed by atoms with van der Waals surface area (Å²) in [6, 6.07) is 4.34. The second-order valence-electron chi connectivity index (χ2n) is 3.96. The summed E-state index contributed by atoms with van der Waals surface area (Å²) in [5.74, 6) is 0.516. The molecule has 0 aliphatic rings. The van der Waals surface area contributed by atoms with Crippen LogP contribution < -0.4 is 15.4 Å². The molecule has 19 heavy (non-hydrogen) atoms. The lowest BCUT2D eigenvalue weighted by molar-refractivity contribution is 0.222. The zero-order valence-electron chi connectivity index (χ0n) is 11.1. The summed E-state index contributed by atoms with van der Waals surface area (Å²) in [7, 11) is 0. The fourth-order valence-corrected chi connectivity index (χ4v) is 1.66. The molecule has 1 rings (SSSR count). The number of nitrogens with one attached hydrogen (secondary N) is 2. The number of hydrogen-bond acceptors (Lipinski definition) is 3. The Kier molecular flexibility index (Phi) is 6.45. The third-order valence-corrected chi connectivity index (χ3v) is 2.78. The Morgan fingerprint density at radius 3 is 2.79 bits per heavy atom. The van der Waals surface area contributed by atoms with Crippen molar-refractivity contribution in [1.82, 2.24) is 5.32 Å². The van der Waals surface area contributed by atoms with Crippen molar-refractivity contribution < 1.29 is 14.6 Å². The van der Waals surface area contributed by atoms with Gasteiger partial charge in [-0.25, -0.2) is 4.79 Å². The Bertz CT molecular complexity index is 422. The number of benzene rings is 1. The fraction of sp³-hybridized carbons (Fsp3) is 0.462. The van der Waals surface area contributed by atoms with Gasteiger partial charge in [-0.15, -0.1) is 0 Å². The maximum Gasteiger partial charge on any atom is 0.319 e. The molecule has 0 aliphatic carbocycles. The number of rotatable bonds is 6. The SMILES string of the molecule is CCOc1cc(Cl)ccc1NC(=O)N[C@H](CC)CO. The van der Waals surface area contributed by atoms with Crippen LogP contribution in [0.4, 0.5) is 10.5 Å². The highest BCUT2D eigenvalue weighted by atomic mass is 35.5. The molecule has 3 N–H and O–H groups in total. The first-order chi connectivity index (χ1) is 9.10. The second kappa shape index (κ2) is 7.86. The quantitative estimate of drug-likeness (QED) is 0.753. The lowest BCUT2D eigenvalue weighted by Gasteiger charge is -2.16. The Morgan fingerprint density at radius 2 is 2.21 bits per heavy atom. The van der Waals surface area contributed by atoms with E-state index in [1.807, 2.05) is 13.8 Å². The number of aliphatic hydroxyl groups excluding tert-OH is 1. The standard InChI is InChI=1S/C13H19ClN2O3/c1-3-10(8-17)15-13(18)16-11-6-5-9(14)7-12(11)19-4-2/h5-7,10,17H,3-4,8H2,1-2H3,(H2,15,16,18)/t10-/m1/s1.